The van der Waals surface area contributed by atoms with Gasteiger partial charge in [-0.1, -0.05) is 37.3 Å². The van der Waals surface area contributed by atoms with E-state index in [-0.39, 0.29) is 11.9 Å². The molecular formula is C17H20N2O. The van der Waals surface area contributed by atoms with Crippen LogP contribution in [0.3, 0.4) is 0 Å². The third-order valence-electron chi connectivity index (χ3n) is 3.26. The first kappa shape index (κ1) is 14.3. The molecule has 0 saturated heterocycles. The van der Waals surface area contributed by atoms with E-state index < -0.39 is 0 Å². The van der Waals surface area contributed by atoms with Gasteiger partial charge in [0.2, 0.25) is 5.91 Å². The van der Waals surface area contributed by atoms with Gasteiger partial charge < -0.3 is 5.32 Å². The van der Waals surface area contributed by atoms with Crippen LogP contribution in [-0.4, -0.2) is 10.9 Å². The fraction of sp³-hybridized carbons (Fsp3) is 0.294. The molecule has 1 atom stereocenters. The van der Waals surface area contributed by atoms with E-state index in [0.29, 0.717) is 6.42 Å². The number of aromatic nitrogens is 1. The van der Waals surface area contributed by atoms with Crippen molar-refractivity contribution in [2.24, 2.45) is 0 Å². The minimum atomic E-state index is 0.0389. The van der Waals surface area contributed by atoms with Crippen LogP contribution < -0.4 is 5.32 Å². The molecule has 104 valence electrons. The molecule has 0 unspecified atom stereocenters. The number of hydrogen-bond acceptors (Lipinski definition) is 2. The number of pyridine rings is 1. The molecule has 0 spiro atoms. The predicted octanol–water partition coefficient (Wildman–Crippen LogP) is 3.73. The van der Waals surface area contributed by atoms with Gasteiger partial charge in [-0.2, -0.15) is 0 Å². The summed E-state index contributed by atoms with van der Waals surface area (Å²) in [6.45, 7) is 4.01. The minimum Gasteiger partial charge on any atom is -0.350 e. The fourth-order valence-corrected chi connectivity index (χ4v) is 2.12. The SMILES string of the molecule is CCCC(=O)N[C@H](C)c1ccc(-c2cccnc2)cc1. The molecule has 0 bridgehead atoms. The van der Waals surface area contributed by atoms with Gasteiger partial charge in [-0.25, -0.2) is 0 Å². The maximum absolute atomic E-state index is 11.6. The van der Waals surface area contributed by atoms with Crippen LogP contribution in [0.15, 0.2) is 48.8 Å². The molecule has 0 radical (unpaired) electrons. The second kappa shape index (κ2) is 6.85. The highest BCUT2D eigenvalue weighted by Crippen LogP contribution is 2.21. The molecule has 1 N–H and O–H groups in total. The summed E-state index contributed by atoms with van der Waals surface area (Å²) < 4.78 is 0. The van der Waals surface area contributed by atoms with Crippen LogP contribution in [0.5, 0.6) is 0 Å². The van der Waals surface area contributed by atoms with Gasteiger partial charge in [0.15, 0.2) is 0 Å². The van der Waals surface area contributed by atoms with Crippen molar-refractivity contribution in [3.8, 4) is 11.1 Å². The summed E-state index contributed by atoms with van der Waals surface area (Å²) in [7, 11) is 0. The predicted molar refractivity (Wildman–Crippen MR) is 81.1 cm³/mol. The molecule has 3 heteroatoms. The lowest BCUT2D eigenvalue weighted by molar-refractivity contribution is -0.121. The largest absolute Gasteiger partial charge is 0.350 e. The molecule has 1 aromatic carbocycles. The summed E-state index contributed by atoms with van der Waals surface area (Å²) >= 11 is 0. The molecule has 2 rings (SSSR count). The zero-order chi connectivity index (χ0) is 14.4. The third-order valence-corrected chi connectivity index (χ3v) is 3.26. The lowest BCUT2D eigenvalue weighted by Gasteiger charge is -2.14. The van der Waals surface area contributed by atoms with Crippen molar-refractivity contribution in [1.29, 1.82) is 0 Å². The number of nitrogens with zero attached hydrogens (tertiary/aromatic N) is 1. The maximum atomic E-state index is 11.6. The third kappa shape index (κ3) is 3.67. The molecule has 20 heavy (non-hydrogen) atoms. The number of hydrogen-bond donors (Lipinski definition) is 1. The molecule has 1 aromatic heterocycles. The first-order chi connectivity index (χ1) is 9.70. The van der Waals surface area contributed by atoms with Crippen LogP contribution in [0.1, 0.15) is 38.3 Å². The van der Waals surface area contributed by atoms with Crippen LogP contribution >= 0.6 is 0 Å². The molecule has 3 nitrogen and oxygen atoms in total. The molecule has 1 amide bonds. The van der Waals surface area contributed by atoms with E-state index in [9.17, 15) is 4.79 Å². The Labute approximate surface area is 120 Å². The van der Waals surface area contributed by atoms with Gasteiger partial charge in [0.1, 0.15) is 0 Å². The van der Waals surface area contributed by atoms with Crippen molar-refractivity contribution in [1.82, 2.24) is 10.3 Å². The number of carbonyl (C=O) groups excluding carboxylic acids is 1. The van der Waals surface area contributed by atoms with Gasteiger partial charge in [0, 0.05) is 18.8 Å². The summed E-state index contributed by atoms with van der Waals surface area (Å²) in [6.07, 6.45) is 5.07. The molecule has 0 saturated carbocycles. The molecule has 0 aliphatic rings. The number of nitrogens with one attached hydrogen (secondary N) is 1. The Balaban J connectivity index is 2.06. The van der Waals surface area contributed by atoms with Gasteiger partial charge in [-0.3, -0.25) is 9.78 Å². The lowest BCUT2D eigenvalue weighted by atomic mass is 10.0. The van der Waals surface area contributed by atoms with Gasteiger partial charge in [0.05, 0.1) is 6.04 Å². The Bertz CT molecular complexity index is 549. The van der Waals surface area contributed by atoms with E-state index in [1.807, 2.05) is 32.2 Å². The van der Waals surface area contributed by atoms with Crippen LogP contribution in [-0.2, 0) is 4.79 Å². The summed E-state index contributed by atoms with van der Waals surface area (Å²) in [5.41, 5.74) is 3.35. The fourth-order valence-electron chi connectivity index (χ4n) is 2.12. The number of benzene rings is 1. The summed E-state index contributed by atoms with van der Waals surface area (Å²) in [5.74, 6) is 0.108. The molecule has 1 heterocycles. The Kier molecular flexibility index (Phi) is 4.88. The normalized spacial score (nSPS) is 11.9. The molecule has 0 aliphatic heterocycles. The van der Waals surface area contributed by atoms with Crippen LogP contribution in [0.4, 0.5) is 0 Å². The lowest BCUT2D eigenvalue weighted by Crippen LogP contribution is -2.26. The van der Waals surface area contributed by atoms with E-state index in [4.69, 9.17) is 0 Å². The molecule has 2 aromatic rings. The Morgan fingerprint density at radius 3 is 2.55 bits per heavy atom. The Hall–Kier alpha value is -2.16. The molecule has 0 aliphatic carbocycles. The van der Waals surface area contributed by atoms with E-state index in [1.165, 1.54) is 0 Å². The van der Waals surface area contributed by atoms with Crippen molar-refractivity contribution in [3.05, 3.63) is 54.4 Å². The average Bonchev–Trinajstić information content (AvgIpc) is 2.48. The summed E-state index contributed by atoms with van der Waals surface area (Å²) in [5, 5.41) is 3.01. The standard InChI is InChI=1S/C17H20N2O/c1-3-5-17(20)19-13(2)14-7-9-15(10-8-14)16-6-4-11-18-12-16/h4,6-13H,3,5H2,1-2H3,(H,19,20)/t13-/m1/s1. The second-order valence-electron chi connectivity index (χ2n) is 4.90. The highest BCUT2D eigenvalue weighted by molar-refractivity contribution is 5.76. The van der Waals surface area contributed by atoms with Crippen molar-refractivity contribution in [2.75, 3.05) is 0 Å². The van der Waals surface area contributed by atoms with Gasteiger partial charge in [-0.15, -0.1) is 0 Å². The van der Waals surface area contributed by atoms with Gasteiger partial charge >= 0.3 is 0 Å². The van der Waals surface area contributed by atoms with E-state index in [1.54, 1.807) is 6.20 Å². The summed E-state index contributed by atoms with van der Waals surface area (Å²) in [6, 6.07) is 12.2. The van der Waals surface area contributed by atoms with Gasteiger partial charge in [0.25, 0.3) is 0 Å². The monoisotopic (exact) mass is 268 g/mol. The topological polar surface area (TPSA) is 42.0 Å². The zero-order valence-corrected chi connectivity index (χ0v) is 12.0. The highest BCUT2D eigenvalue weighted by atomic mass is 16.1. The number of rotatable bonds is 5. The van der Waals surface area contributed by atoms with E-state index in [0.717, 1.165) is 23.1 Å². The van der Waals surface area contributed by atoms with Crippen LogP contribution in [0.25, 0.3) is 11.1 Å². The van der Waals surface area contributed by atoms with Crippen LogP contribution in [0.2, 0.25) is 0 Å². The second-order valence-corrected chi connectivity index (χ2v) is 4.90. The minimum absolute atomic E-state index is 0.0389. The highest BCUT2D eigenvalue weighted by Gasteiger charge is 2.08. The summed E-state index contributed by atoms with van der Waals surface area (Å²) in [4.78, 5) is 15.7. The van der Waals surface area contributed by atoms with E-state index >= 15 is 0 Å². The Morgan fingerprint density at radius 2 is 1.95 bits per heavy atom. The molecular weight excluding hydrogens is 248 g/mol. The molecule has 0 fully saturated rings. The zero-order valence-electron chi connectivity index (χ0n) is 12.0. The average molecular weight is 268 g/mol. The van der Waals surface area contributed by atoms with Crippen molar-refractivity contribution in [2.45, 2.75) is 32.7 Å². The van der Waals surface area contributed by atoms with Crippen LogP contribution in [0, 0.1) is 0 Å². The number of amides is 1. The van der Waals surface area contributed by atoms with Crippen molar-refractivity contribution >= 4 is 5.91 Å². The van der Waals surface area contributed by atoms with Crippen molar-refractivity contribution < 1.29 is 4.79 Å². The Morgan fingerprint density at radius 1 is 1.20 bits per heavy atom. The van der Waals surface area contributed by atoms with E-state index in [2.05, 4.69) is 34.6 Å². The first-order valence-corrected chi connectivity index (χ1v) is 7.00. The number of carbonyl (C=O) groups is 1. The quantitative estimate of drug-likeness (QED) is 0.897. The van der Waals surface area contributed by atoms with Gasteiger partial charge in [-0.05, 0) is 36.1 Å². The smallest absolute Gasteiger partial charge is 0.220 e. The first-order valence-electron chi connectivity index (χ1n) is 7.00. The van der Waals surface area contributed by atoms with Crippen molar-refractivity contribution in [3.63, 3.8) is 0 Å². The maximum Gasteiger partial charge on any atom is 0.220 e.